The minimum absolute atomic E-state index is 0.0133. The van der Waals surface area contributed by atoms with E-state index in [0.717, 1.165) is 16.5 Å². The first kappa shape index (κ1) is 22.9. The van der Waals surface area contributed by atoms with Gasteiger partial charge in [0.2, 0.25) is 5.91 Å². The van der Waals surface area contributed by atoms with Crippen molar-refractivity contribution in [1.82, 2.24) is 10.3 Å². The summed E-state index contributed by atoms with van der Waals surface area (Å²) in [5, 5.41) is 4.25. The fourth-order valence-corrected chi connectivity index (χ4v) is 3.37. The van der Waals surface area contributed by atoms with Crippen LogP contribution in [0.1, 0.15) is 66.4 Å². The molecule has 5 heteroatoms. The summed E-state index contributed by atoms with van der Waals surface area (Å²) in [5.41, 5.74) is 1.07. The molecule has 158 valence electrons. The highest BCUT2D eigenvalue weighted by Crippen LogP contribution is 2.24. The van der Waals surface area contributed by atoms with E-state index in [1.165, 1.54) is 6.92 Å². The number of rotatable bonds is 9. The van der Waals surface area contributed by atoms with Crippen LogP contribution >= 0.6 is 0 Å². The van der Waals surface area contributed by atoms with E-state index in [1.54, 1.807) is 13.8 Å². The van der Waals surface area contributed by atoms with Crippen LogP contribution in [0.3, 0.4) is 0 Å². The lowest BCUT2D eigenvalue weighted by atomic mass is 9.81. The monoisotopic (exact) mass is 398 g/mol. The summed E-state index contributed by atoms with van der Waals surface area (Å²) in [6, 6.07) is 7.87. The number of fused-ring (bicyclic) bond motifs is 1. The second-order valence-corrected chi connectivity index (χ2v) is 9.71. The molecule has 1 heterocycles. The number of amides is 1. The molecule has 0 bridgehead atoms. The molecule has 2 aromatic rings. The fourth-order valence-electron chi connectivity index (χ4n) is 3.37. The number of aromatic nitrogens is 1. The molecule has 0 saturated carbocycles. The molecule has 0 aliphatic heterocycles. The van der Waals surface area contributed by atoms with E-state index in [9.17, 15) is 14.4 Å². The molecule has 29 heavy (non-hydrogen) atoms. The van der Waals surface area contributed by atoms with Crippen LogP contribution in [0.4, 0.5) is 0 Å². The van der Waals surface area contributed by atoms with Gasteiger partial charge in [-0.15, -0.1) is 0 Å². The minimum atomic E-state index is -0.985. The Labute approximate surface area is 173 Å². The smallest absolute Gasteiger partial charge is 0.220 e. The summed E-state index contributed by atoms with van der Waals surface area (Å²) in [5.74, 6) is -0.230. The van der Waals surface area contributed by atoms with Gasteiger partial charge in [0.15, 0.2) is 0 Å². The predicted octanol–water partition coefficient (Wildman–Crippen LogP) is 4.60. The maximum Gasteiger partial charge on any atom is 0.220 e. The third-order valence-electron chi connectivity index (χ3n) is 5.49. The number of carbonyl (C=O) groups excluding carboxylic acids is 3. The molecule has 0 radical (unpaired) electrons. The lowest BCUT2D eigenvalue weighted by molar-refractivity contribution is -0.137. The van der Waals surface area contributed by atoms with E-state index in [2.05, 4.69) is 16.4 Å². The van der Waals surface area contributed by atoms with Crippen molar-refractivity contribution >= 4 is 28.4 Å². The molecule has 1 aromatic carbocycles. The van der Waals surface area contributed by atoms with Crippen molar-refractivity contribution in [3.8, 4) is 0 Å². The minimum Gasteiger partial charge on any atom is -0.361 e. The third-order valence-corrected chi connectivity index (χ3v) is 5.49. The molecule has 0 aliphatic rings. The Bertz CT molecular complexity index is 887. The molecule has 1 aromatic heterocycles. The summed E-state index contributed by atoms with van der Waals surface area (Å²) >= 11 is 0. The van der Waals surface area contributed by atoms with E-state index in [1.807, 2.05) is 45.2 Å². The molecule has 1 atom stereocenters. The van der Waals surface area contributed by atoms with Gasteiger partial charge >= 0.3 is 0 Å². The van der Waals surface area contributed by atoms with Crippen LogP contribution in [0, 0.1) is 10.8 Å². The second kappa shape index (κ2) is 8.93. The molecule has 0 unspecified atom stereocenters. The van der Waals surface area contributed by atoms with E-state index in [4.69, 9.17) is 0 Å². The van der Waals surface area contributed by atoms with E-state index >= 15 is 0 Å². The molecule has 0 spiro atoms. The normalized spacial score (nSPS) is 13.3. The van der Waals surface area contributed by atoms with E-state index in [0.29, 0.717) is 19.3 Å². The van der Waals surface area contributed by atoms with Gasteiger partial charge in [-0.05, 0) is 50.7 Å². The number of para-hydroxylation sites is 1. The maximum absolute atomic E-state index is 12.6. The third kappa shape index (κ3) is 6.28. The molecular weight excluding hydrogens is 364 g/mol. The Balaban J connectivity index is 2.15. The second-order valence-electron chi connectivity index (χ2n) is 9.71. The largest absolute Gasteiger partial charge is 0.361 e. The Morgan fingerprint density at radius 1 is 1.07 bits per heavy atom. The van der Waals surface area contributed by atoms with Crippen molar-refractivity contribution < 1.29 is 14.4 Å². The molecule has 0 aliphatic carbocycles. The molecule has 2 N–H and O–H groups in total. The quantitative estimate of drug-likeness (QED) is 0.606. The maximum atomic E-state index is 12.6. The van der Waals surface area contributed by atoms with Crippen LogP contribution in [-0.4, -0.2) is 28.5 Å². The number of carbonyl (C=O) groups is 3. The van der Waals surface area contributed by atoms with Gasteiger partial charge in [0, 0.05) is 36.0 Å². The van der Waals surface area contributed by atoms with Gasteiger partial charge in [-0.2, -0.15) is 0 Å². The lowest BCUT2D eigenvalue weighted by Crippen LogP contribution is -2.39. The molecule has 5 nitrogen and oxygen atoms in total. The van der Waals surface area contributed by atoms with Crippen molar-refractivity contribution in [3.05, 3.63) is 36.0 Å². The topological polar surface area (TPSA) is 79.0 Å². The summed E-state index contributed by atoms with van der Waals surface area (Å²) < 4.78 is 0. The summed E-state index contributed by atoms with van der Waals surface area (Å²) in [6.07, 6.45) is 3.78. The SMILES string of the molecule is CC(=O)C(C)(C)C(=O)CC[C@@H](Cc1c[nH]c2ccccc12)NC(=O)CC(C)(C)C. The zero-order valence-electron chi connectivity index (χ0n) is 18.5. The zero-order valence-corrected chi connectivity index (χ0v) is 18.5. The van der Waals surface area contributed by atoms with Crippen LogP contribution in [-0.2, 0) is 20.8 Å². The van der Waals surface area contributed by atoms with Gasteiger partial charge in [0.25, 0.3) is 0 Å². The van der Waals surface area contributed by atoms with Crippen molar-refractivity contribution in [1.29, 1.82) is 0 Å². The number of aromatic amines is 1. The standard InChI is InChI=1S/C24H34N2O3/c1-16(27)24(5,6)21(28)12-11-18(26-22(29)14-23(2,3)4)13-17-15-25-20-10-8-7-9-19(17)20/h7-10,15,18,25H,11-14H2,1-6H3,(H,26,29)/t18-/m0/s1. The van der Waals surface area contributed by atoms with Gasteiger partial charge in [0.1, 0.15) is 11.6 Å². The van der Waals surface area contributed by atoms with Crippen LogP contribution in [0.5, 0.6) is 0 Å². The number of H-pyrrole nitrogens is 1. The van der Waals surface area contributed by atoms with Crippen molar-refractivity contribution in [2.24, 2.45) is 10.8 Å². The first-order chi connectivity index (χ1) is 13.4. The van der Waals surface area contributed by atoms with Gasteiger partial charge < -0.3 is 10.3 Å². The number of benzene rings is 1. The Kier molecular flexibility index (Phi) is 7.04. The van der Waals surface area contributed by atoms with Crippen LogP contribution < -0.4 is 5.32 Å². The zero-order chi connectivity index (χ0) is 21.8. The summed E-state index contributed by atoms with van der Waals surface area (Å²) in [7, 11) is 0. The van der Waals surface area contributed by atoms with Crippen LogP contribution in [0.15, 0.2) is 30.5 Å². The molecular formula is C24H34N2O3. The van der Waals surface area contributed by atoms with Gasteiger partial charge in [0.05, 0.1) is 5.41 Å². The highest BCUT2D eigenvalue weighted by Gasteiger charge is 2.32. The highest BCUT2D eigenvalue weighted by molar-refractivity contribution is 6.05. The number of nitrogens with one attached hydrogen (secondary N) is 2. The number of hydrogen-bond donors (Lipinski definition) is 2. The average molecular weight is 399 g/mol. The first-order valence-corrected chi connectivity index (χ1v) is 10.3. The number of ketones is 2. The lowest BCUT2D eigenvalue weighted by Gasteiger charge is -2.24. The van der Waals surface area contributed by atoms with Gasteiger partial charge in [-0.3, -0.25) is 14.4 Å². The van der Waals surface area contributed by atoms with E-state index < -0.39 is 5.41 Å². The number of hydrogen-bond acceptors (Lipinski definition) is 3. The van der Waals surface area contributed by atoms with Gasteiger partial charge in [-0.25, -0.2) is 0 Å². The van der Waals surface area contributed by atoms with Crippen LogP contribution in [0.2, 0.25) is 0 Å². The highest BCUT2D eigenvalue weighted by atomic mass is 16.2. The fraction of sp³-hybridized carbons (Fsp3) is 0.542. The molecule has 2 rings (SSSR count). The molecule has 0 saturated heterocycles. The number of Topliss-reactive ketones (excluding diaryl/α,β-unsaturated/α-hetero) is 2. The predicted molar refractivity (Wildman–Crippen MR) is 117 cm³/mol. The van der Waals surface area contributed by atoms with Crippen molar-refractivity contribution in [2.75, 3.05) is 0 Å². The summed E-state index contributed by atoms with van der Waals surface area (Å²) in [4.78, 5) is 40.2. The molecule has 1 amide bonds. The average Bonchev–Trinajstić information content (AvgIpc) is 3.00. The van der Waals surface area contributed by atoms with Crippen molar-refractivity contribution in [2.45, 2.75) is 73.3 Å². The molecule has 0 fully saturated rings. The van der Waals surface area contributed by atoms with Gasteiger partial charge in [-0.1, -0.05) is 39.0 Å². The first-order valence-electron chi connectivity index (χ1n) is 10.3. The Morgan fingerprint density at radius 2 is 1.72 bits per heavy atom. The van der Waals surface area contributed by atoms with Crippen LogP contribution in [0.25, 0.3) is 10.9 Å². The Hall–Kier alpha value is -2.43. The summed E-state index contributed by atoms with van der Waals surface area (Å²) in [6.45, 7) is 10.9. The van der Waals surface area contributed by atoms with Crippen molar-refractivity contribution in [3.63, 3.8) is 0 Å². The van der Waals surface area contributed by atoms with E-state index in [-0.39, 0.29) is 35.4 Å². The Morgan fingerprint density at radius 3 is 2.34 bits per heavy atom.